The van der Waals surface area contributed by atoms with Gasteiger partial charge >= 0.3 is 0 Å². The van der Waals surface area contributed by atoms with Crippen molar-refractivity contribution in [1.82, 2.24) is 0 Å². The van der Waals surface area contributed by atoms with Gasteiger partial charge in [0, 0.05) is 0 Å². The Hall–Kier alpha value is -0.910. The fourth-order valence-electron chi connectivity index (χ4n) is 5.38. The third-order valence-corrected chi connectivity index (χ3v) is 8.85. The molecule has 30 heavy (non-hydrogen) atoms. The average molecular weight is 439 g/mol. The van der Waals surface area contributed by atoms with Crippen LogP contribution in [0.5, 0.6) is 0 Å². The minimum Gasteiger partial charge on any atom is -0.393 e. The van der Waals surface area contributed by atoms with Crippen LogP contribution in [-0.2, 0) is 9.84 Å². The minimum atomic E-state index is -3.35. The van der Waals surface area contributed by atoms with Gasteiger partial charge < -0.3 is 10.2 Å². The van der Waals surface area contributed by atoms with E-state index in [1.165, 1.54) is 0 Å². The molecule has 0 bridgehead atoms. The molecular weight excluding hydrogens is 396 g/mol. The molecule has 5 heteroatoms. The van der Waals surface area contributed by atoms with E-state index in [0.29, 0.717) is 17.2 Å². The molecule has 4 atom stereocenters. The predicted molar refractivity (Wildman–Crippen MR) is 123 cm³/mol. The van der Waals surface area contributed by atoms with Crippen LogP contribution < -0.4 is 0 Å². The highest BCUT2D eigenvalue weighted by Crippen LogP contribution is 2.51. The molecule has 172 valence electrons. The van der Waals surface area contributed by atoms with Crippen LogP contribution in [0, 0.1) is 17.3 Å². The van der Waals surface area contributed by atoms with Crippen LogP contribution in [0.3, 0.4) is 0 Å². The number of hydrogen-bond donors (Lipinski definition) is 2. The summed E-state index contributed by atoms with van der Waals surface area (Å²) in [6.07, 6.45) is 8.22. The van der Waals surface area contributed by atoms with Crippen LogP contribution in [0.25, 0.3) is 0 Å². The Morgan fingerprint density at radius 3 is 2.43 bits per heavy atom. The highest BCUT2D eigenvalue weighted by Gasteiger charge is 2.43. The SMILES string of the molecule is C[C@@H](O)CCC[C@@]1(C)CCCC1C(CCCC(C)(C)O)CS(=O)(=O)c1ccccc1. The second-order valence-corrected chi connectivity index (χ2v) is 12.5. The molecule has 1 fully saturated rings. The molecule has 2 rings (SSSR count). The maximum absolute atomic E-state index is 13.2. The summed E-state index contributed by atoms with van der Waals surface area (Å²) < 4.78 is 26.4. The number of benzene rings is 1. The summed E-state index contributed by atoms with van der Waals surface area (Å²) >= 11 is 0. The molecule has 0 spiro atoms. The third-order valence-electron chi connectivity index (χ3n) is 7.00. The van der Waals surface area contributed by atoms with Gasteiger partial charge in [-0.3, -0.25) is 0 Å². The van der Waals surface area contributed by atoms with Crippen molar-refractivity contribution in [2.24, 2.45) is 17.3 Å². The molecule has 0 amide bonds. The molecule has 1 aliphatic rings. The summed E-state index contributed by atoms with van der Waals surface area (Å²) in [5.74, 6) is 0.642. The maximum atomic E-state index is 13.2. The summed E-state index contributed by atoms with van der Waals surface area (Å²) in [5.41, 5.74) is -0.598. The highest BCUT2D eigenvalue weighted by atomic mass is 32.2. The lowest BCUT2D eigenvalue weighted by Gasteiger charge is -2.38. The molecule has 1 aliphatic carbocycles. The fraction of sp³-hybridized carbons (Fsp3) is 0.760. The first kappa shape index (κ1) is 25.4. The van der Waals surface area contributed by atoms with Gasteiger partial charge in [0.15, 0.2) is 9.84 Å². The number of rotatable bonds is 12. The Bertz CT molecular complexity index is 736. The predicted octanol–water partition coefficient (Wildman–Crippen LogP) is 5.38. The van der Waals surface area contributed by atoms with Crippen molar-refractivity contribution in [2.75, 3.05) is 5.75 Å². The maximum Gasteiger partial charge on any atom is 0.178 e. The first-order valence-corrected chi connectivity index (χ1v) is 13.3. The highest BCUT2D eigenvalue weighted by molar-refractivity contribution is 7.91. The molecule has 1 aromatic rings. The number of aliphatic hydroxyl groups excluding tert-OH is 1. The normalized spacial score (nSPS) is 24.7. The molecule has 2 N–H and O–H groups in total. The van der Waals surface area contributed by atoms with E-state index in [4.69, 9.17) is 0 Å². The topological polar surface area (TPSA) is 74.6 Å². The van der Waals surface area contributed by atoms with Crippen molar-refractivity contribution in [2.45, 2.75) is 102 Å². The van der Waals surface area contributed by atoms with Gasteiger partial charge in [-0.2, -0.15) is 0 Å². The van der Waals surface area contributed by atoms with Gasteiger partial charge in [0.25, 0.3) is 0 Å². The molecule has 0 aromatic heterocycles. The van der Waals surface area contributed by atoms with Crippen LogP contribution in [0.1, 0.15) is 85.5 Å². The smallest absolute Gasteiger partial charge is 0.178 e. The van der Waals surface area contributed by atoms with Gasteiger partial charge in [0.05, 0.1) is 22.4 Å². The van der Waals surface area contributed by atoms with E-state index in [1.807, 2.05) is 26.8 Å². The van der Waals surface area contributed by atoms with Crippen molar-refractivity contribution >= 4 is 9.84 Å². The molecular formula is C25H42O4S. The second kappa shape index (κ2) is 10.6. The Morgan fingerprint density at radius 1 is 1.17 bits per heavy atom. The first-order chi connectivity index (χ1) is 13.9. The summed E-state index contributed by atoms with van der Waals surface area (Å²) in [7, 11) is -3.35. The molecule has 0 saturated heterocycles. The van der Waals surface area contributed by atoms with Crippen LogP contribution in [0.15, 0.2) is 35.2 Å². The van der Waals surface area contributed by atoms with Crippen molar-refractivity contribution in [3.8, 4) is 0 Å². The third kappa shape index (κ3) is 7.65. The average Bonchev–Trinajstić information content (AvgIpc) is 3.01. The zero-order chi connectivity index (χ0) is 22.4. The first-order valence-electron chi connectivity index (χ1n) is 11.6. The Balaban J connectivity index is 2.19. The number of aliphatic hydroxyl groups is 2. The van der Waals surface area contributed by atoms with E-state index >= 15 is 0 Å². The monoisotopic (exact) mass is 438 g/mol. The summed E-state index contributed by atoms with van der Waals surface area (Å²) in [5, 5.41) is 19.8. The Kier molecular flexibility index (Phi) is 8.96. The molecule has 1 aromatic carbocycles. The molecule has 1 saturated carbocycles. The lowest BCUT2D eigenvalue weighted by atomic mass is 9.69. The van der Waals surface area contributed by atoms with E-state index in [2.05, 4.69) is 6.92 Å². The minimum absolute atomic E-state index is 0.0941. The standard InChI is InChI=1S/C25H42O4S/c1-20(26)11-8-17-25(4)18-10-15-23(25)21(12-9-16-24(2,3)27)19-30(28,29)22-13-6-5-7-14-22/h5-7,13-14,20-21,23,26-27H,8-12,15-19H2,1-4H3/t20-,21?,23?,25+/m1/s1. The Labute approximate surface area is 184 Å². The molecule has 2 unspecified atom stereocenters. The molecule has 4 nitrogen and oxygen atoms in total. The second-order valence-electron chi connectivity index (χ2n) is 10.5. The Morgan fingerprint density at radius 2 is 1.83 bits per heavy atom. The van der Waals surface area contributed by atoms with E-state index in [-0.39, 0.29) is 23.2 Å². The number of hydrogen-bond acceptors (Lipinski definition) is 4. The van der Waals surface area contributed by atoms with Gasteiger partial charge in [-0.05, 0) is 88.7 Å². The molecule has 0 aliphatic heterocycles. The lowest BCUT2D eigenvalue weighted by molar-refractivity contribution is 0.0633. The van der Waals surface area contributed by atoms with E-state index in [0.717, 1.165) is 51.4 Å². The van der Waals surface area contributed by atoms with Crippen molar-refractivity contribution in [3.63, 3.8) is 0 Å². The van der Waals surface area contributed by atoms with Crippen LogP contribution in [0.2, 0.25) is 0 Å². The van der Waals surface area contributed by atoms with Crippen LogP contribution >= 0.6 is 0 Å². The van der Waals surface area contributed by atoms with Crippen LogP contribution in [0.4, 0.5) is 0 Å². The summed E-state index contributed by atoms with van der Waals surface area (Å²) in [6.45, 7) is 7.79. The van der Waals surface area contributed by atoms with Crippen molar-refractivity contribution in [1.29, 1.82) is 0 Å². The summed E-state index contributed by atoms with van der Waals surface area (Å²) in [6, 6.07) is 8.80. The quantitative estimate of drug-likeness (QED) is 0.460. The zero-order valence-corrected chi connectivity index (χ0v) is 20.1. The van der Waals surface area contributed by atoms with Gasteiger partial charge in [0.2, 0.25) is 0 Å². The zero-order valence-electron chi connectivity index (χ0n) is 19.3. The van der Waals surface area contributed by atoms with Crippen molar-refractivity contribution < 1.29 is 18.6 Å². The van der Waals surface area contributed by atoms with Crippen LogP contribution in [-0.4, -0.2) is 36.1 Å². The van der Waals surface area contributed by atoms with Gasteiger partial charge in [-0.15, -0.1) is 0 Å². The fourth-order valence-corrected chi connectivity index (χ4v) is 7.11. The van der Waals surface area contributed by atoms with E-state index < -0.39 is 15.4 Å². The number of sulfone groups is 1. The lowest BCUT2D eigenvalue weighted by Crippen LogP contribution is -2.33. The summed E-state index contributed by atoms with van der Waals surface area (Å²) in [4.78, 5) is 0.409. The largest absolute Gasteiger partial charge is 0.393 e. The van der Waals surface area contributed by atoms with Gasteiger partial charge in [0.1, 0.15) is 0 Å². The molecule has 0 heterocycles. The van der Waals surface area contributed by atoms with Gasteiger partial charge in [-0.25, -0.2) is 8.42 Å². The van der Waals surface area contributed by atoms with Crippen molar-refractivity contribution in [3.05, 3.63) is 30.3 Å². The molecule has 0 radical (unpaired) electrons. The van der Waals surface area contributed by atoms with E-state index in [1.54, 1.807) is 24.3 Å². The van der Waals surface area contributed by atoms with E-state index in [9.17, 15) is 18.6 Å². The van der Waals surface area contributed by atoms with Gasteiger partial charge in [-0.1, -0.05) is 44.4 Å².